The average Bonchev–Trinajstić information content (AvgIpc) is 2.68. The third kappa shape index (κ3) is 4.49. The minimum absolute atomic E-state index is 0.199. The molecule has 0 aromatic heterocycles. The average molecular weight is 376 g/mol. The fourth-order valence-corrected chi connectivity index (χ4v) is 3.14. The normalized spacial score (nSPS) is 11.7. The Kier molecular flexibility index (Phi) is 5.94. The van der Waals surface area contributed by atoms with Gasteiger partial charge in [0.2, 0.25) is 11.8 Å². The van der Waals surface area contributed by atoms with Crippen molar-refractivity contribution in [2.45, 2.75) is 26.3 Å². The van der Waals surface area contributed by atoms with Gasteiger partial charge in [0.15, 0.2) is 0 Å². The minimum atomic E-state index is -0.673. The van der Waals surface area contributed by atoms with E-state index < -0.39 is 6.04 Å². The van der Waals surface area contributed by atoms with Crippen molar-refractivity contribution in [3.05, 3.63) is 71.8 Å². The Morgan fingerprint density at radius 3 is 2.57 bits per heavy atom. The van der Waals surface area contributed by atoms with E-state index in [0.717, 1.165) is 21.9 Å². The predicted octanol–water partition coefficient (Wildman–Crippen LogP) is 3.84. The molecule has 0 saturated heterocycles. The molecule has 3 aromatic rings. The molecule has 3 aromatic carbocycles. The molecule has 5 nitrogen and oxygen atoms in total. The van der Waals surface area contributed by atoms with Gasteiger partial charge in [0, 0.05) is 0 Å². The first-order valence-corrected chi connectivity index (χ1v) is 9.19. The highest BCUT2D eigenvalue weighted by atomic mass is 16.5. The summed E-state index contributed by atoms with van der Waals surface area (Å²) < 4.78 is 5.28. The molecule has 3 rings (SSSR count). The van der Waals surface area contributed by atoms with Gasteiger partial charge in [0.25, 0.3) is 0 Å². The van der Waals surface area contributed by atoms with E-state index in [1.54, 1.807) is 20.1 Å². The van der Waals surface area contributed by atoms with Crippen LogP contribution < -0.4 is 15.4 Å². The van der Waals surface area contributed by atoms with Gasteiger partial charge in [-0.05, 0) is 47.9 Å². The number of methoxy groups -OCH3 is 1. The first kappa shape index (κ1) is 19.4. The Hall–Kier alpha value is -3.34. The number of nitrogens with one attached hydrogen (secondary N) is 2. The van der Waals surface area contributed by atoms with Gasteiger partial charge in [0.1, 0.15) is 11.8 Å². The summed E-state index contributed by atoms with van der Waals surface area (Å²) in [6, 6.07) is 18.7. The number of carbonyl (C=O) groups is 2. The van der Waals surface area contributed by atoms with Crippen molar-refractivity contribution in [2.75, 3.05) is 12.4 Å². The standard InChI is InChI=1S/C23H24N2O3/c1-15-11-12-21(28-3)20(13-15)25-23(27)16(2)24-22(26)14-18-9-6-8-17-7-4-5-10-19(17)18/h4-13,16H,14H2,1-3H3,(H,24,26)(H,25,27)/t16-/m1/s1. The van der Waals surface area contributed by atoms with E-state index in [1.807, 2.05) is 61.5 Å². The van der Waals surface area contributed by atoms with Crippen LogP contribution >= 0.6 is 0 Å². The molecule has 1 atom stereocenters. The summed E-state index contributed by atoms with van der Waals surface area (Å²) in [6.07, 6.45) is 0.215. The van der Waals surface area contributed by atoms with Crippen LogP contribution in [-0.4, -0.2) is 25.0 Å². The molecule has 0 fully saturated rings. The highest BCUT2D eigenvalue weighted by molar-refractivity contribution is 5.98. The van der Waals surface area contributed by atoms with Crippen molar-refractivity contribution >= 4 is 28.3 Å². The molecule has 28 heavy (non-hydrogen) atoms. The van der Waals surface area contributed by atoms with E-state index in [9.17, 15) is 9.59 Å². The summed E-state index contributed by atoms with van der Waals surface area (Å²) in [5, 5.41) is 7.73. The summed E-state index contributed by atoms with van der Waals surface area (Å²) in [7, 11) is 1.55. The van der Waals surface area contributed by atoms with Crippen LogP contribution in [0.3, 0.4) is 0 Å². The largest absolute Gasteiger partial charge is 0.495 e. The van der Waals surface area contributed by atoms with Gasteiger partial charge in [-0.15, -0.1) is 0 Å². The van der Waals surface area contributed by atoms with Gasteiger partial charge in [-0.2, -0.15) is 0 Å². The van der Waals surface area contributed by atoms with Gasteiger partial charge < -0.3 is 15.4 Å². The maximum atomic E-state index is 12.5. The van der Waals surface area contributed by atoms with Gasteiger partial charge in [-0.1, -0.05) is 48.5 Å². The topological polar surface area (TPSA) is 67.4 Å². The van der Waals surface area contributed by atoms with E-state index in [1.165, 1.54) is 0 Å². The Balaban J connectivity index is 1.65. The molecule has 5 heteroatoms. The summed E-state index contributed by atoms with van der Waals surface area (Å²) in [6.45, 7) is 3.60. The van der Waals surface area contributed by atoms with Crippen LogP contribution in [0.2, 0.25) is 0 Å². The Bertz CT molecular complexity index is 1010. The second-order valence-corrected chi connectivity index (χ2v) is 6.80. The molecular weight excluding hydrogens is 352 g/mol. The number of benzene rings is 3. The number of hydrogen-bond donors (Lipinski definition) is 2. The van der Waals surface area contributed by atoms with E-state index >= 15 is 0 Å². The van der Waals surface area contributed by atoms with Gasteiger partial charge in [-0.3, -0.25) is 9.59 Å². The molecule has 2 N–H and O–H groups in total. The number of ether oxygens (including phenoxy) is 1. The molecule has 0 aliphatic rings. The molecule has 0 bridgehead atoms. The Morgan fingerprint density at radius 1 is 1.04 bits per heavy atom. The molecule has 0 heterocycles. The summed E-state index contributed by atoms with van der Waals surface area (Å²) in [5.74, 6) is 0.0820. The number of fused-ring (bicyclic) bond motifs is 1. The zero-order valence-corrected chi connectivity index (χ0v) is 16.3. The van der Waals surface area contributed by atoms with Crippen LogP contribution in [0.4, 0.5) is 5.69 Å². The number of aryl methyl sites for hydroxylation is 1. The van der Waals surface area contributed by atoms with Crippen LogP contribution in [0.1, 0.15) is 18.1 Å². The van der Waals surface area contributed by atoms with Crippen molar-refractivity contribution in [2.24, 2.45) is 0 Å². The van der Waals surface area contributed by atoms with Gasteiger partial charge in [0.05, 0.1) is 19.2 Å². The summed E-state index contributed by atoms with van der Waals surface area (Å²) >= 11 is 0. The van der Waals surface area contributed by atoms with Crippen molar-refractivity contribution in [3.8, 4) is 5.75 Å². The zero-order valence-electron chi connectivity index (χ0n) is 16.3. The second kappa shape index (κ2) is 8.57. The fraction of sp³-hybridized carbons (Fsp3) is 0.217. The molecule has 0 aliphatic carbocycles. The molecule has 0 radical (unpaired) electrons. The molecule has 0 saturated carbocycles. The van der Waals surface area contributed by atoms with Crippen molar-refractivity contribution < 1.29 is 14.3 Å². The van der Waals surface area contributed by atoms with E-state index in [0.29, 0.717) is 11.4 Å². The fourth-order valence-electron chi connectivity index (χ4n) is 3.14. The van der Waals surface area contributed by atoms with Crippen LogP contribution in [-0.2, 0) is 16.0 Å². The van der Waals surface area contributed by atoms with Gasteiger partial charge >= 0.3 is 0 Å². The highest BCUT2D eigenvalue weighted by Crippen LogP contribution is 2.25. The molecular formula is C23H24N2O3. The maximum absolute atomic E-state index is 12.5. The van der Waals surface area contributed by atoms with Crippen molar-refractivity contribution in [1.29, 1.82) is 0 Å². The van der Waals surface area contributed by atoms with Crippen molar-refractivity contribution in [3.63, 3.8) is 0 Å². The lowest BCUT2D eigenvalue weighted by Gasteiger charge is -2.16. The van der Waals surface area contributed by atoms with Gasteiger partial charge in [-0.25, -0.2) is 0 Å². The highest BCUT2D eigenvalue weighted by Gasteiger charge is 2.18. The number of rotatable bonds is 6. The lowest BCUT2D eigenvalue weighted by atomic mass is 10.0. The predicted molar refractivity (Wildman–Crippen MR) is 112 cm³/mol. The number of anilines is 1. The summed E-state index contributed by atoms with van der Waals surface area (Å²) in [4.78, 5) is 25.0. The Morgan fingerprint density at radius 2 is 1.79 bits per heavy atom. The Labute approximate surface area is 164 Å². The monoisotopic (exact) mass is 376 g/mol. The second-order valence-electron chi connectivity index (χ2n) is 6.80. The quantitative estimate of drug-likeness (QED) is 0.687. The molecule has 2 amide bonds. The summed E-state index contributed by atoms with van der Waals surface area (Å²) in [5.41, 5.74) is 2.52. The SMILES string of the molecule is COc1ccc(C)cc1NC(=O)[C@@H](C)NC(=O)Cc1cccc2ccccc12. The lowest BCUT2D eigenvalue weighted by molar-refractivity contribution is -0.125. The number of amides is 2. The van der Waals surface area contributed by atoms with Crippen LogP contribution in [0, 0.1) is 6.92 Å². The van der Waals surface area contributed by atoms with Crippen LogP contribution in [0.5, 0.6) is 5.75 Å². The lowest BCUT2D eigenvalue weighted by Crippen LogP contribution is -2.42. The first-order chi connectivity index (χ1) is 13.5. The molecule has 0 spiro atoms. The third-order valence-corrected chi connectivity index (χ3v) is 4.61. The molecule has 0 unspecified atom stereocenters. The van der Waals surface area contributed by atoms with E-state index in [2.05, 4.69) is 10.6 Å². The first-order valence-electron chi connectivity index (χ1n) is 9.19. The minimum Gasteiger partial charge on any atom is -0.495 e. The van der Waals surface area contributed by atoms with E-state index in [-0.39, 0.29) is 18.2 Å². The van der Waals surface area contributed by atoms with E-state index in [4.69, 9.17) is 4.74 Å². The molecule has 144 valence electrons. The van der Waals surface area contributed by atoms with Crippen molar-refractivity contribution in [1.82, 2.24) is 5.32 Å². The smallest absolute Gasteiger partial charge is 0.246 e. The zero-order chi connectivity index (χ0) is 20.1. The maximum Gasteiger partial charge on any atom is 0.246 e. The van der Waals surface area contributed by atoms with Crippen LogP contribution in [0.25, 0.3) is 10.8 Å². The third-order valence-electron chi connectivity index (χ3n) is 4.61. The number of hydrogen-bond acceptors (Lipinski definition) is 3. The van der Waals surface area contributed by atoms with Crippen LogP contribution in [0.15, 0.2) is 60.7 Å². The molecule has 0 aliphatic heterocycles. The number of carbonyl (C=O) groups excluding carboxylic acids is 2.